The molecule has 1 aromatic heterocycles. The minimum Gasteiger partial charge on any atom is -0.354 e. The average molecular weight is 418 g/mol. The molecule has 25 heavy (non-hydrogen) atoms. The van der Waals surface area contributed by atoms with Crippen molar-refractivity contribution in [1.82, 2.24) is 14.9 Å². The normalized spacial score (nSPS) is 11.6. The zero-order chi connectivity index (χ0) is 18.4. The molecule has 0 saturated carbocycles. The van der Waals surface area contributed by atoms with Crippen molar-refractivity contribution in [2.45, 2.75) is 12.6 Å². The van der Waals surface area contributed by atoms with Gasteiger partial charge in [0.1, 0.15) is 5.82 Å². The third kappa shape index (κ3) is 6.17. The summed E-state index contributed by atoms with van der Waals surface area (Å²) in [5.74, 6) is 0.0208. The van der Waals surface area contributed by atoms with Crippen molar-refractivity contribution in [1.29, 1.82) is 0 Å². The molecule has 136 valence electrons. The predicted octanol–water partition coefficient (Wildman–Crippen LogP) is 4.37. The van der Waals surface area contributed by atoms with Gasteiger partial charge in [-0.2, -0.15) is 18.2 Å². The Morgan fingerprint density at radius 1 is 1.16 bits per heavy atom. The molecule has 2 rings (SSSR count). The van der Waals surface area contributed by atoms with Crippen molar-refractivity contribution < 1.29 is 13.2 Å². The Kier molecular flexibility index (Phi) is 6.60. The van der Waals surface area contributed by atoms with E-state index < -0.39 is 11.9 Å². The van der Waals surface area contributed by atoms with Gasteiger partial charge in [0.2, 0.25) is 5.95 Å². The zero-order valence-electron chi connectivity index (χ0n) is 13.9. The molecule has 0 unspecified atom stereocenters. The molecule has 0 aliphatic rings. The summed E-state index contributed by atoms with van der Waals surface area (Å²) in [4.78, 5) is 9.70. The second kappa shape index (κ2) is 8.48. The van der Waals surface area contributed by atoms with E-state index in [1.165, 1.54) is 0 Å². The summed E-state index contributed by atoms with van der Waals surface area (Å²) in [5, 5.41) is 5.74. The van der Waals surface area contributed by atoms with Gasteiger partial charge in [-0.3, -0.25) is 0 Å². The van der Waals surface area contributed by atoms with Crippen molar-refractivity contribution in [2.24, 2.45) is 0 Å². The van der Waals surface area contributed by atoms with Gasteiger partial charge in [-0.25, -0.2) is 4.98 Å². The maximum atomic E-state index is 13.1. The number of hydrogen-bond donors (Lipinski definition) is 2. The van der Waals surface area contributed by atoms with Crippen molar-refractivity contribution in [3.8, 4) is 0 Å². The highest BCUT2D eigenvalue weighted by Crippen LogP contribution is 2.31. The van der Waals surface area contributed by atoms with E-state index in [4.69, 9.17) is 0 Å². The summed E-state index contributed by atoms with van der Waals surface area (Å²) >= 11 is 3.35. The summed E-state index contributed by atoms with van der Waals surface area (Å²) in [6.45, 7) is 1.29. The summed E-state index contributed by atoms with van der Waals surface area (Å²) in [5.41, 5.74) is -0.375. The number of hydrogen-bond acceptors (Lipinski definition) is 5. The fourth-order valence-electron chi connectivity index (χ4n) is 2.03. The number of benzene rings is 1. The molecule has 0 saturated heterocycles. The van der Waals surface area contributed by atoms with Crippen molar-refractivity contribution in [3.05, 3.63) is 40.5 Å². The molecule has 5 nitrogen and oxygen atoms in total. The third-order valence-corrected chi connectivity index (χ3v) is 3.91. The van der Waals surface area contributed by atoms with Crippen LogP contribution in [0.4, 0.5) is 30.6 Å². The minimum atomic E-state index is -4.55. The van der Waals surface area contributed by atoms with Gasteiger partial charge in [0, 0.05) is 17.1 Å². The van der Waals surface area contributed by atoms with Crippen LogP contribution >= 0.6 is 15.9 Å². The lowest BCUT2D eigenvalue weighted by atomic mass is 10.3. The van der Waals surface area contributed by atoms with Crippen LogP contribution in [-0.4, -0.2) is 42.1 Å². The van der Waals surface area contributed by atoms with E-state index in [1.54, 1.807) is 18.2 Å². The summed E-state index contributed by atoms with van der Waals surface area (Å²) in [7, 11) is 3.86. The lowest BCUT2D eigenvalue weighted by Gasteiger charge is -2.14. The van der Waals surface area contributed by atoms with E-state index in [0.717, 1.165) is 23.5 Å². The monoisotopic (exact) mass is 417 g/mol. The molecule has 0 spiro atoms. The zero-order valence-corrected chi connectivity index (χ0v) is 15.4. The summed E-state index contributed by atoms with van der Waals surface area (Å²) in [6.07, 6.45) is -3.78. The van der Waals surface area contributed by atoms with Gasteiger partial charge in [0.25, 0.3) is 0 Å². The van der Waals surface area contributed by atoms with Crippen LogP contribution in [0.2, 0.25) is 0 Å². The van der Waals surface area contributed by atoms with Gasteiger partial charge in [0.05, 0.1) is 5.69 Å². The van der Waals surface area contributed by atoms with Gasteiger partial charge < -0.3 is 15.5 Å². The van der Waals surface area contributed by atoms with Crippen LogP contribution in [0.25, 0.3) is 0 Å². The number of nitrogens with one attached hydrogen (secondary N) is 2. The largest absolute Gasteiger partial charge is 0.433 e. The molecule has 1 heterocycles. The van der Waals surface area contributed by atoms with Gasteiger partial charge in [0.15, 0.2) is 5.69 Å². The second-order valence-corrected chi connectivity index (χ2v) is 6.50. The van der Waals surface area contributed by atoms with Crippen LogP contribution in [-0.2, 0) is 6.18 Å². The molecule has 2 N–H and O–H groups in total. The van der Waals surface area contributed by atoms with Crippen LogP contribution in [0.1, 0.15) is 12.1 Å². The Morgan fingerprint density at radius 2 is 1.88 bits per heavy atom. The van der Waals surface area contributed by atoms with Crippen molar-refractivity contribution >= 4 is 33.4 Å². The Bertz CT molecular complexity index is 706. The number of para-hydroxylation sites is 1. The van der Waals surface area contributed by atoms with Gasteiger partial charge >= 0.3 is 6.18 Å². The average Bonchev–Trinajstić information content (AvgIpc) is 2.53. The van der Waals surface area contributed by atoms with E-state index in [-0.39, 0.29) is 11.8 Å². The molecular weight excluding hydrogens is 399 g/mol. The molecule has 0 aliphatic carbocycles. The number of nitrogens with zero attached hydrogens (tertiary/aromatic N) is 3. The first-order valence-electron chi connectivity index (χ1n) is 7.62. The third-order valence-electron chi connectivity index (χ3n) is 3.22. The van der Waals surface area contributed by atoms with Crippen LogP contribution in [0.5, 0.6) is 0 Å². The van der Waals surface area contributed by atoms with E-state index in [1.807, 2.05) is 25.1 Å². The Balaban J connectivity index is 2.20. The molecule has 0 amide bonds. The SMILES string of the molecule is CN(C)CCCNc1nc(Nc2ccccc2Br)cc(C(F)(F)F)n1. The first kappa shape index (κ1) is 19.5. The van der Waals surface area contributed by atoms with Crippen molar-refractivity contribution in [2.75, 3.05) is 37.8 Å². The lowest BCUT2D eigenvalue weighted by molar-refractivity contribution is -0.141. The summed E-state index contributed by atoms with van der Waals surface area (Å²) in [6, 6.07) is 8.01. The number of anilines is 3. The van der Waals surface area contributed by atoms with Gasteiger partial charge in [-0.1, -0.05) is 12.1 Å². The van der Waals surface area contributed by atoms with E-state index in [9.17, 15) is 13.2 Å². The van der Waals surface area contributed by atoms with Crippen LogP contribution in [0, 0.1) is 0 Å². The maximum Gasteiger partial charge on any atom is 0.433 e. The molecule has 2 aromatic rings. The van der Waals surface area contributed by atoms with Crippen LogP contribution in [0.15, 0.2) is 34.8 Å². The molecule has 0 bridgehead atoms. The number of halogens is 4. The predicted molar refractivity (Wildman–Crippen MR) is 96.1 cm³/mol. The molecule has 0 fully saturated rings. The quantitative estimate of drug-likeness (QED) is 0.655. The number of alkyl halides is 3. The Labute approximate surface area is 152 Å². The molecular formula is C16H19BrF3N5. The Hall–Kier alpha value is -1.87. The molecule has 1 aromatic carbocycles. The summed E-state index contributed by atoms with van der Waals surface area (Å²) < 4.78 is 40.0. The Morgan fingerprint density at radius 3 is 2.52 bits per heavy atom. The molecule has 9 heteroatoms. The topological polar surface area (TPSA) is 53.1 Å². The van der Waals surface area contributed by atoms with Crippen molar-refractivity contribution in [3.63, 3.8) is 0 Å². The lowest BCUT2D eigenvalue weighted by Crippen LogP contribution is -2.18. The van der Waals surface area contributed by atoms with Gasteiger partial charge in [-0.05, 0) is 55.1 Å². The van der Waals surface area contributed by atoms with Crippen LogP contribution in [0.3, 0.4) is 0 Å². The molecule has 0 radical (unpaired) electrons. The highest BCUT2D eigenvalue weighted by molar-refractivity contribution is 9.10. The second-order valence-electron chi connectivity index (χ2n) is 5.65. The van der Waals surface area contributed by atoms with E-state index in [2.05, 4.69) is 36.5 Å². The van der Waals surface area contributed by atoms with Crippen LogP contribution < -0.4 is 10.6 Å². The van der Waals surface area contributed by atoms with E-state index in [0.29, 0.717) is 12.2 Å². The first-order chi connectivity index (χ1) is 11.8. The van der Waals surface area contributed by atoms with E-state index >= 15 is 0 Å². The molecule has 0 aliphatic heterocycles. The number of rotatable bonds is 7. The highest BCUT2D eigenvalue weighted by atomic mass is 79.9. The number of aromatic nitrogens is 2. The molecule has 0 atom stereocenters. The standard InChI is InChI=1S/C16H19BrF3N5/c1-25(2)9-5-8-21-15-23-13(16(18,19)20)10-14(24-15)22-12-7-4-3-6-11(12)17/h3-4,6-7,10H,5,8-9H2,1-2H3,(H2,21,22,23,24). The highest BCUT2D eigenvalue weighted by Gasteiger charge is 2.33. The van der Waals surface area contributed by atoms with Gasteiger partial charge in [-0.15, -0.1) is 0 Å². The fourth-order valence-corrected chi connectivity index (χ4v) is 2.42. The minimum absolute atomic E-state index is 0.0527. The first-order valence-corrected chi connectivity index (χ1v) is 8.41. The fraction of sp³-hybridized carbons (Fsp3) is 0.375. The smallest absolute Gasteiger partial charge is 0.354 e. The maximum absolute atomic E-state index is 13.1.